The molecule has 1 aromatic carbocycles. The molecule has 22 heavy (non-hydrogen) atoms. The van der Waals surface area contributed by atoms with Crippen molar-refractivity contribution in [1.29, 1.82) is 0 Å². The second kappa shape index (κ2) is 7.58. The van der Waals surface area contributed by atoms with E-state index in [1.54, 1.807) is 32.9 Å². The zero-order chi connectivity index (χ0) is 16.9. The Morgan fingerprint density at radius 2 is 2.05 bits per heavy atom. The zero-order valence-electron chi connectivity index (χ0n) is 12.7. The van der Waals surface area contributed by atoms with Gasteiger partial charge in [-0.1, -0.05) is 6.07 Å². The number of hydrogen-bond acceptors (Lipinski definition) is 3. The number of rotatable bonds is 5. The van der Waals surface area contributed by atoms with Crippen LogP contribution in [0.2, 0.25) is 0 Å². The zero-order valence-corrected chi connectivity index (χ0v) is 14.2. The van der Waals surface area contributed by atoms with Crippen LogP contribution in [0, 0.1) is 5.82 Å². The fourth-order valence-electron chi connectivity index (χ4n) is 1.71. The molecule has 1 rings (SSSR count). The molecule has 7 heteroatoms. The Balaban J connectivity index is 2.63. The fraction of sp³-hybridized carbons (Fsp3) is 0.467. The minimum absolute atomic E-state index is 0.135. The van der Waals surface area contributed by atoms with Gasteiger partial charge >= 0.3 is 12.1 Å². The van der Waals surface area contributed by atoms with E-state index in [9.17, 15) is 14.0 Å². The van der Waals surface area contributed by atoms with Gasteiger partial charge in [-0.25, -0.2) is 14.0 Å². The molecular weight excluding hydrogens is 357 g/mol. The number of benzene rings is 1. The number of aryl methyl sites for hydroxylation is 1. The van der Waals surface area contributed by atoms with Crippen LogP contribution >= 0.6 is 15.9 Å². The number of carbonyl (C=O) groups is 2. The van der Waals surface area contributed by atoms with Gasteiger partial charge in [0.05, 0.1) is 4.47 Å². The Morgan fingerprint density at radius 1 is 1.41 bits per heavy atom. The molecule has 0 saturated heterocycles. The second-order valence-electron chi connectivity index (χ2n) is 5.82. The van der Waals surface area contributed by atoms with Crippen LogP contribution in [0.25, 0.3) is 0 Å². The van der Waals surface area contributed by atoms with Crippen molar-refractivity contribution >= 4 is 28.0 Å². The van der Waals surface area contributed by atoms with Crippen LogP contribution < -0.4 is 5.32 Å². The first-order chi connectivity index (χ1) is 10.1. The van der Waals surface area contributed by atoms with Crippen molar-refractivity contribution in [3.8, 4) is 0 Å². The molecule has 0 fully saturated rings. The number of alkyl carbamates (subject to hydrolysis) is 1. The van der Waals surface area contributed by atoms with Crippen molar-refractivity contribution in [3.63, 3.8) is 0 Å². The van der Waals surface area contributed by atoms with Crippen LogP contribution in [-0.4, -0.2) is 28.8 Å². The molecule has 5 nitrogen and oxygen atoms in total. The Labute approximate surface area is 137 Å². The van der Waals surface area contributed by atoms with Crippen molar-refractivity contribution in [3.05, 3.63) is 34.1 Å². The van der Waals surface area contributed by atoms with Crippen LogP contribution in [0.1, 0.15) is 32.8 Å². The molecule has 0 aromatic heterocycles. The Hall–Kier alpha value is -1.63. The molecule has 1 atom stereocenters. The van der Waals surface area contributed by atoms with E-state index in [-0.39, 0.29) is 6.42 Å². The molecule has 0 aliphatic heterocycles. The van der Waals surface area contributed by atoms with Crippen molar-refractivity contribution in [2.75, 3.05) is 0 Å². The molecule has 0 aliphatic carbocycles. The number of nitrogens with one attached hydrogen (secondary N) is 1. The lowest BCUT2D eigenvalue weighted by atomic mass is 10.1. The maximum Gasteiger partial charge on any atom is 0.408 e. The number of halogens is 2. The van der Waals surface area contributed by atoms with Gasteiger partial charge in [0.1, 0.15) is 17.5 Å². The van der Waals surface area contributed by atoms with Crippen LogP contribution in [0.15, 0.2) is 22.7 Å². The van der Waals surface area contributed by atoms with E-state index in [4.69, 9.17) is 9.84 Å². The number of amides is 1. The minimum Gasteiger partial charge on any atom is -0.480 e. The normalized spacial score (nSPS) is 12.6. The largest absolute Gasteiger partial charge is 0.480 e. The molecule has 122 valence electrons. The number of carboxylic acids is 1. The summed E-state index contributed by atoms with van der Waals surface area (Å²) in [4.78, 5) is 22.8. The maximum absolute atomic E-state index is 13.4. The highest BCUT2D eigenvalue weighted by Gasteiger charge is 2.23. The lowest BCUT2D eigenvalue weighted by Gasteiger charge is -2.22. The molecule has 1 amide bonds. The molecule has 0 heterocycles. The van der Waals surface area contributed by atoms with Gasteiger partial charge in [0.2, 0.25) is 0 Å². The molecule has 0 aliphatic rings. The molecular formula is C15H19BrFNO4. The number of aliphatic carboxylic acids is 1. The van der Waals surface area contributed by atoms with E-state index in [2.05, 4.69) is 21.2 Å². The highest BCUT2D eigenvalue weighted by molar-refractivity contribution is 9.10. The molecule has 1 unspecified atom stereocenters. The summed E-state index contributed by atoms with van der Waals surface area (Å²) in [6.45, 7) is 5.06. The van der Waals surface area contributed by atoms with Crippen molar-refractivity contribution in [2.24, 2.45) is 0 Å². The predicted octanol–water partition coefficient (Wildman–Crippen LogP) is 3.50. The first-order valence-corrected chi connectivity index (χ1v) is 7.54. The lowest BCUT2D eigenvalue weighted by molar-refractivity contribution is -0.139. The second-order valence-corrected chi connectivity index (χ2v) is 6.68. The molecule has 2 N–H and O–H groups in total. The Morgan fingerprint density at radius 3 is 2.55 bits per heavy atom. The molecule has 1 aromatic rings. The summed E-state index contributed by atoms with van der Waals surface area (Å²) in [5, 5.41) is 11.5. The fourth-order valence-corrected chi connectivity index (χ4v) is 1.96. The van der Waals surface area contributed by atoms with Crippen LogP contribution in [0.5, 0.6) is 0 Å². The van der Waals surface area contributed by atoms with Crippen molar-refractivity contribution in [2.45, 2.75) is 45.3 Å². The Bertz CT molecular complexity index is 557. The highest BCUT2D eigenvalue weighted by atomic mass is 79.9. The van der Waals surface area contributed by atoms with Crippen LogP contribution in [0.4, 0.5) is 9.18 Å². The third-order valence-corrected chi connectivity index (χ3v) is 3.34. The number of ether oxygens (including phenoxy) is 1. The van der Waals surface area contributed by atoms with E-state index in [0.29, 0.717) is 16.5 Å². The van der Waals surface area contributed by atoms with E-state index in [0.717, 1.165) is 0 Å². The van der Waals surface area contributed by atoms with Gasteiger partial charge in [-0.3, -0.25) is 0 Å². The number of carboxylic acid groups (broad SMARTS) is 1. The van der Waals surface area contributed by atoms with Gasteiger partial charge in [-0.15, -0.1) is 0 Å². The maximum atomic E-state index is 13.4. The quantitative estimate of drug-likeness (QED) is 0.825. The van der Waals surface area contributed by atoms with Crippen molar-refractivity contribution < 1.29 is 23.8 Å². The highest BCUT2D eigenvalue weighted by Crippen LogP contribution is 2.17. The summed E-state index contributed by atoms with van der Waals surface area (Å²) in [6.07, 6.45) is -0.339. The molecule has 0 bridgehead atoms. The lowest BCUT2D eigenvalue weighted by Crippen LogP contribution is -2.43. The first-order valence-electron chi connectivity index (χ1n) is 6.75. The van der Waals surface area contributed by atoms with E-state index >= 15 is 0 Å². The molecule has 0 radical (unpaired) electrons. The van der Waals surface area contributed by atoms with Gasteiger partial charge in [0, 0.05) is 0 Å². The first kappa shape index (κ1) is 18.4. The van der Waals surface area contributed by atoms with Gasteiger partial charge in [-0.05, 0) is 67.2 Å². The predicted molar refractivity (Wildman–Crippen MR) is 83.2 cm³/mol. The third kappa shape index (κ3) is 6.43. The average Bonchev–Trinajstić information content (AvgIpc) is 2.36. The van der Waals surface area contributed by atoms with Gasteiger partial charge in [0.15, 0.2) is 0 Å². The topological polar surface area (TPSA) is 75.6 Å². The summed E-state index contributed by atoms with van der Waals surface area (Å²) in [5.74, 6) is -1.58. The summed E-state index contributed by atoms with van der Waals surface area (Å²) in [7, 11) is 0. The summed E-state index contributed by atoms with van der Waals surface area (Å²) in [6, 6.07) is 3.49. The molecule has 0 saturated carbocycles. The standard InChI is InChI=1S/C15H19BrFNO4/c1-15(2,3)22-14(21)18-12(13(19)20)7-5-9-4-6-10(16)11(17)8-9/h4,6,8,12H,5,7H2,1-3H3,(H,18,21)(H,19,20). The van der Waals surface area contributed by atoms with Gasteiger partial charge in [-0.2, -0.15) is 0 Å². The van der Waals surface area contributed by atoms with E-state index in [1.807, 2.05) is 0 Å². The number of carbonyl (C=O) groups excluding carboxylic acids is 1. The molecule has 0 spiro atoms. The van der Waals surface area contributed by atoms with Gasteiger partial charge < -0.3 is 15.2 Å². The third-order valence-electron chi connectivity index (χ3n) is 2.69. The monoisotopic (exact) mass is 375 g/mol. The average molecular weight is 376 g/mol. The SMILES string of the molecule is CC(C)(C)OC(=O)NC(CCc1ccc(Br)c(F)c1)C(=O)O. The summed E-state index contributed by atoms with van der Waals surface area (Å²) in [5.41, 5.74) is -0.0555. The number of hydrogen-bond donors (Lipinski definition) is 2. The summed E-state index contributed by atoms with van der Waals surface area (Å²) >= 11 is 3.05. The van der Waals surface area contributed by atoms with Crippen LogP contribution in [0.3, 0.4) is 0 Å². The van der Waals surface area contributed by atoms with E-state index < -0.39 is 29.5 Å². The minimum atomic E-state index is -1.16. The van der Waals surface area contributed by atoms with Crippen molar-refractivity contribution in [1.82, 2.24) is 5.32 Å². The van der Waals surface area contributed by atoms with Gasteiger partial charge in [0.25, 0.3) is 0 Å². The van der Waals surface area contributed by atoms with E-state index in [1.165, 1.54) is 6.07 Å². The smallest absolute Gasteiger partial charge is 0.408 e. The Kier molecular flexibility index (Phi) is 6.34. The van der Waals surface area contributed by atoms with Crippen LogP contribution in [-0.2, 0) is 16.0 Å². The summed E-state index contributed by atoms with van der Waals surface area (Å²) < 4.78 is 18.8.